The second kappa shape index (κ2) is 4.67. The van der Waals surface area contributed by atoms with E-state index in [-0.39, 0.29) is 17.1 Å². The number of ether oxygens (including phenoxy) is 1. The fraction of sp³-hybridized carbons (Fsp3) is 0.500. The smallest absolute Gasteiger partial charge is 0.382 e. The molecule has 1 fully saturated rings. The second-order valence-corrected chi connectivity index (χ2v) is 4.79. The summed E-state index contributed by atoms with van der Waals surface area (Å²) in [7, 11) is 0. The quantitative estimate of drug-likeness (QED) is 0.421. The number of aromatic amines is 1. The molecule has 2 aromatic rings. The number of nitrogens with one attached hydrogen (secondary N) is 1. The Morgan fingerprint density at radius 2 is 2.09 bits per heavy atom. The first-order valence-corrected chi connectivity index (χ1v) is 6.04. The summed E-state index contributed by atoms with van der Waals surface area (Å²) < 4.78 is 31.7. The number of nitrogens with zero attached hydrogens (tertiary/aromatic N) is 3. The molecule has 1 aliphatic rings. The van der Waals surface area contributed by atoms with Crippen molar-refractivity contribution >= 4 is 17.1 Å². The molecule has 0 saturated carbocycles. The van der Waals surface area contributed by atoms with Crippen LogP contribution in [0.25, 0.3) is 11.2 Å². The van der Waals surface area contributed by atoms with Crippen LogP contribution in [0, 0.1) is 0 Å². The lowest BCUT2D eigenvalue weighted by atomic mass is 10.1. The third kappa shape index (κ3) is 2.12. The molecule has 0 bridgehead atoms. The zero-order valence-electron chi connectivity index (χ0n) is 10.7. The highest BCUT2D eigenvalue weighted by atomic mass is 19.3. The van der Waals surface area contributed by atoms with Gasteiger partial charge in [0.1, 0.15) is 12.2 Å². The van der Waals surface area contributed by atoms with Crippen molar-refractivity contribution in [2.24, 2.45) is 0 Å². The highest BCUT2D eigenvalue weighted by molar-refractivity contribution is 5.70. The minimum atomic E-state index is -4.37. The lowest BCUT2D eigenvalue weighted by molar-refractivity contribution is -0.281. The number of aliphatic hydroxyl groups is 3. The van der Waals surface area contributed by atoms with E-state index >= 15 is 0 Å². The normalized spacial score (nSPS) is 29.3. The van der Waals surface area contributed by atoms with Gasteiger partial charge in [-0.1, -0.05) is 0 Å². The third-order valence-electron chi connectivity index (χ3n) is 3.31. The lowest BCUT2D eigenvalue weighted by Crippen LogP contribution is -2.43. The molecular weight excluding hydrogens is 308 g/mol. The first kappa shape index (κ1) is 14.8. The van der Waals surface area contributed by atoms with Crippen LogP contribution in [0.15, 0.2) is 11.1 Å². The number of hydrogen-bond acceptors (Lipinski definition) is 8. The van der Waals surface area contributed by atoms with Crippen LogP contribution in [-0.2, 0) is 4.74 Å². The number of aromatic nitrogens is 4. The molecule has 2 aromatic heterocycles. The molecule has 3 rings (SSSR count). The largest absolute Gasteiger partial charge is 0.387 e. The Bertz CT molecular complexity index is 771. The van der Waals surface area contributed by atoms with Crippen molar-refractivity contribution in [1.82, 2.24) is 19.5 Å². The molecule has 12 heteroatoms. The van der Waals surface area contributed by atoms with Crippen LogP contribution >= 0.6 is 0 Å². The highest BCUT2D eigenvalue weighted by Crippen LogP contribution is 2.36. The maximum Gasteiger partial charge on any atom is 0.382 e. The van der Waals surface area contributed by atoms with E-state index in [1.807, 2.05) is 0 Å². The zero-order chi connectivity index (χ0) is 16.2. The van der Waals surface area contributed by atoms with Crippen molar-refractivity contribution < 1.29 is 28.8 Å². The molecule has 3 heterocycles. The average Bonchev–Trinajstić information content (AvgIpc) is 2.92. The fourth-order valence-corrected chi connectivity index (χ4v) is 2.31. The summed E-state index contributed by atoms with van der Waals surface area (Å²) >= 11 is 0. The summed E-state index contributed by atoms with van der Waals surface area (Å²) in [6, 6.07) is 0. The van der Waals surface area contributed by atoms with Gasteiger partial charge in [0.15, 0.2) is 23.5 Å². The molecule has 6 N–H and O–H groups in total. The lowest BCUT2D eigenvalue weighted by Gasteiger charge is -2.19. The molecule has 120 valence electrons. The van der Waals surface area contributed by atoms with Gasteiger partial charge >= 0.3 is 6.11 Å². The van der Waals surface area contributed by atoms with Gasteiger partial charge in [-0.15, -0.1) is 0 Å². The van der Waals surface area contributed by atoms with Crippen molar-refractivity contribution in [3.8, 4) is 0 Å². The van der Waals surface area contributed by atoms with Crippen LogP contribution in [0.1, 0.15) is 6.23 Å². The van der Waals surface area contributed by atoms with Crippen molar-refractivity contribution in [1.29, 1.82) is 0 Å². The number of halogens is 2. The van der Waals surface area contributed by atoms with Crippen molar-refractivity contribution in [3.63, 3.8) is 0 Å². The Hall–Kier alpha value is -2.15. The number of aliphatic hydroxyl groups excluding tert-OH is 2. The first-order valence-electron chi connectivity index (χ1n) is 6.04. The van der Waals surface area contributed by atoms with Gasteiger partial charge in [-0.3, -0.25) is 14.3 Å². The van der Waals surface area contributed by atoms with Crippen LogP contribution in [0.2, 0.25) is 0 Å². The van der Waals surface area contributed by atoms with Gasteiger partial charge < -0.3 is 25.8 Å². The van der Waals surface area contributed by atoms with Crippen molar-refractivity contribution in [2.75, 3.05) is 5.73 Å². The van der Waals surface area contributed by atoms with Crippen LogP contribution in [0.5, 0.6) is 0 Å². The van der Waals surface area contributed by atoms with Gasteiger partial charge in [-0.25, -0.2) is 4.98 Å². The Kier molecular flexibility index (Phi) is 3.14. The zero-order valence-corrected chi connectivity index (χ0v) is 10.7. The van der Waals surface area contributed by atoms with E-state index in [0.717, 1.165) is 10.9 Å². The predicted molar refractivity (Wildman–Crippen MR) is 65.7 cm³/mol. The van der Waals surface area contributed by atoms with E-state index in [2.05, 4.69) is 15.0 Å². The van der Waals surface area contributed by atoms with Gasteiger partial charge in [-0.05, 0) is 0 Å². The number of imidazole rings is 1. The molecule has 1 saturated heterocycles. The van der Waals surface area contributed by atoms with E-state index in [1.54, 1.807) is 0 Å². The van der Waals surface area contributed by atoms with Crippen LogP contribution < -0.4 is 11.3 Å². The number of H-pyrrole nitrogens is 1. The molecule has 0 aromatic carbocycles. The summed E-state index contributed by atoms with van der Waals surface area (Å²) in [5.41, 5.74) is 4.44. The topological polar surface area (TPSA) is 160 Å². The Labute approximate surface area is 119 Å². The molecule has 4 atom stereocenters. The molecule has 0 amide bonds. The molecule has 0 unspecified atom stereocenters. The Balaban J connectivity index is 2.07. The summed E-state index contributed by atoms with van der Waals surface area (Å²) in [5, 5.41) is 28.1. The minimum absolute atomic E-state index is 0.126. The van der Waals surface area contributed by atoms with Crippen LogP contribution in [0.3, 0.4) is 0 Å². The molecule has 0 aliphatic carbocycles. The average molecular weight is 319 g/mol. The monoisotopic (exact) mass is 319 g/mol. The molecule has 10 nitrogen and oxygen atoms in total. The number of anilines is 1. The predicted octanol–water partition coefficient (Wildman–Crippen LogP) is -2.09. The van der Waals surface area contributed by atoms with Gasteiger partial charge in [0, 0.05) is 0 Å². The number of nitrogens with two attached hydrogens (primary N) is 1. The third-order valence-corrected chi connectivity index (χ3v) is 3.31. The van der Waals surface area contributed by atoms with Gasteiger partial charge in [0.2, 0.25) is 5.95 Å². The van der Waals surface area contributed by atoms with Crippen LogP contribution in [-0.4, -0.2) is 59.3 Å². The maximum atomic E-state index is 13.0. The summed E-state index contributed by atoms with van der Waals surface area (Å²) in [6.07, 6.45) is -11.1. The number of hydrogen-bond donors (Lipinski definition) is 5. The Morgan fingerprint density at radius 1 is 1.41 bits per heavy atom. The number of nitrogen functional groups attached to an aromatic ring is 1. The van der Waals surface area contributed by atoms with E-state index < -0.39 is 36.2 Å². The molecular formula is C10H11F2N5O5. The van der Waals surface area contributed by atoms with E-state index in [0.29, 0.717) is 0 Å². The Morgan fingerprint density at radius 3 is 2.68 bits per heavy atom. The van der Waals surface area contributed by atoms with Crippen molar-refractivity contribution in [2.45, 2.75) is 30.6 Å². The van der Waals surface area contributed by atoms with Gasteiger partial charge in [0.25, 0.3) is 5.56 Å². The SMILES string of the molecule is Nc1nc2c(ncn2[C@@H]2O[C@H](C(O)(F)F)[C@@H](O)[C@H]2O)c(=O)[nH]1. The standard InChI is InChI=1S/C10H11F2N5O5/c11-10(12,21)5-3(18)4(19)8(22-5)17-1-14-2-6(17)15-9(13)16-7(2)20/h1,3-5,8,18-19,21H,(H3,13,15,16,20)/t3-,4+,5-,8+/m0/s1. The summed E-state index contributed by atoms with van der Waals surface area (Å²) in [5.74, 6) is -0.253. The highest BCUT2D eigenvalue weighted by Gasteiger charge is 2.55. The van der Waals surface area contributed by atoms with E-state index in [9.17, 15) is 23.8 Å². The van der Waals surface area contributed by atoms with Gasteiger partial charge in [-0.2, -0.15) is 13.8 Å². The van der Waals surface area contributed by atoms with Crippen molar-refractivity contribution in [3.05, 3.63) is 16.7 Å². The summed E-state index contributed by atoms with van der Waals surface area (Å²) in [6.45, 7) is 0. The van der Waals surface area contributed by atoms with E-state index in [1.165, 1.54) is 0 Å². The molecule has 1 aliphatic heterocycles. The summed E-state index contributed by atoms with van der Waals surface area (Å²) in [4.78, 5) is 21.3. The minimum Gasteiger partial charge on any atom is -0.387 e. The molecule has 0 radical (unpaired) electrons. The molecule has 22 heavy (non-hydrogen) atoms. The second-order valence-electron chi connectivity index (χ2n) is 4.79. The molecule has 0 spiro atoms. The number of fused-ring (bicyclic) bond motifs is 1. The maximum absolute atomic E-state index is 13.0. The van der Waals surface area contributed by atoms with Crippen LogP contribution in [0.4, 0.5) is 14.7 Å². The number of rotatable bonds is 2. The van der Waals surface area contributed by atoms with E-state index in [4.69, 9.17) is 15.6 Å². The van der Waals surface area contributed by atoms with Gasteiger partial charge in [0.05, 0.1) is 6.33 Å². The first-order chi connectivity index (χ1) is 10.2. The fourth-order valence-electron chi connectivity index (χ4n) is 2.31. The number of alkyl halides is 2.